The standard InChI is InChI=1S/C18H21N3O6S/c1-14(27-18(22)19-12-11-15-5-3-2-4-6-15)13-28(25,26)20-16-7-9-17(10-8-16)21(23)24/h2-10,14,20H,11-13H2,1H3,(H,19,22)/t14-/m0/s1. The summed E-state index contributed by atoms with van der Waals surface area (Å²) in [6.07, 6.45) is -0.953. The minimum Gasteiger partial charge on any atom is -0.445 e. The first-order chi connectivity index (χ1) is 13.2. The number of amides is 1. The molecule has 0 heterocycles. The van der Waals surface area contributed by atoms with Gasteiger partial charge in [-0.2, -0.15) is 0 Å². The van der Waals surface area contributed by atoms with Crippen molar-refractivity contribution in [3.8, 4) is 0 Å². The first kappa shape index (κ1) is 21.2. The average Bonchev–Trinajstić information content (AvgIpc) is 2.62. The van der Waals surface area contributed by atoms with Crippen LogP contribution in [0.4, 0.5) is 16.2 Å². The van der Waals surface area contributed by atoms with Crippen LogP contribution in [-0.4, -0.2) is 37.8 Å². The van der Waals surface area contributed by atoms with Crippen molar-refractivity contribution < 1.29 is 22.9 Å². The summed E-state index contributed by atoms with van der Waals surface area (Å²) >= 11 is 0. The van der Waals surface area contributed by atoms with E-state index in [1.54, 1.807) is 0 Å². The fourth-order valence-electron chi connectivity index (χ4n) is 2.39. The normalized spacial score (nSPS) is 12.0. The third-order valence-corrected chi connectivity index (χ3v) is 5.09. The summed E-state index contributed by atoms with van der Waals surface area (Å²) in [5.74, 6) is -0.448. The highest BCUT2D eigenvalue weighted by atomic mass is 32.2. The number of hydrogen-bond donors (Lipinski definition) is 2. The quantitative estimate of drug-likeness (QED) is 0.486. The van der Waals surface area contributed by atoms with Crippen LogP contribution in [0.3, 0.4) is 0 Å². The van der Waals surface area contributed by atoms with Crippen molar-refractivity contribution in [3.63, 3.8) is 0 Å². The van der Waals surface area contributed by atoms with Crippen LogP contribution in [0.1, 0.15) is 12.5 Å². The average molecular weight is 407 g/mol. The zero-order valence-electron chi connectivity index (χ0n) is 15.2. The molecular weight excluding hydrogens is 386 g/mol. The Hall–Kier alpha value is -3.14. The monoisotopic (exact) mass is 407 g/mol. The molecule has 150 valence electrons. The summed E-state index contributed by atoms with van der Waals surface area (Å²) in [7, 11) is -3.80. The molecule has 0 radical (unpaired) electrons. The van der Waals surface area contributed by atoms with Crippen molar-refractivity contribution in [2.75, 3.05) is 17.0 Å². The summed E-state index contributed by atoms with van der Waals surface area (Å²) in [4.78, 5) is 21.8. The second kappa shape index (κ2) is 9.70. The Morgan fingerprint density at radius 2 is 1.79 bits per heavy atom. The van der Waals surface area contributed by atoms with Gasteiger partial charge in [0.25, 0.3) is 5.69 Å². The largest absolute Gasteiger partial charge is 0.445 e. The van der Waals surface area contributed by atoms with Crippen molar-refractivity contribution in [1.29, 1.82) is 0 Å². The highest BCUT2D eigenvalue weighted by molar-refractivity contribution is 7.92. The Kier molecular flexibility index (Phi) is 7.33. The first-order valence-electron chi connectivity index (χ1n) is 8.48. The van der Waals surface area contributed by atoms with Gasteiger partial charge in [0.1, 0.15) is 11.9 Å². The molecule has 10 heteroatoms. The molecular formula is C18H21N3O6S. The van der Waals surface area contributed by atoms with Gasteiger partial charge in [-0.15, -0.1) is 0 Å². The lowest BCUT2D eigenvalue weighted by atomic mass is 10.1. The SMILES string of the molecule is C[C@@H](CS(=O)(=O)Nc1ccc([N+](=O)[O-])cc1)OC(=O)NCCc1ccccc1. The van der Waals surface area contributed by atoms with Crippen molar-refractivity contribution in [3.05, 3.63) is 70.3 Å². The Morgan fingerprint density at radius 1 is 1.14 bits per heavy atom. The third-order valence-electron chi connectivity index (χ3n) is 3.64. The van der Waals surface area contributed by atoms with Crippen molar-refractivity contribution >= 4 is 27.5 Å². The number of nitrogens with zero attached hydrogens (tertiary/aromatic N) is 1. The Bertz CT molecular complexity index is 901. The van der Waals surface area contributed by atoms with Gasteiger partial charge in [-0.1, -0.05) is 30.3 Å². The predicted molar refractivity (Wildman–Crippen MR) is 105 cm³/mol. The number of carbonyl (C=O) groups excluding carboxylic acids is 1. The number of sulfonamides is 1. The van der Waals surface area contributed by atoms with Crippen LogP contribution in [0.15, 0.2) is 54.6 Å². The molecule has 28 heavy (non-hydrogen) atoms. The number of rotatable bonds is 9. The number of hydrogen-bond acceptors (Lipinski definition) is 6. The smallest absolute Gasteiger partial charge is 0.407 e. The second-order valence-corrected chi connectivity index (χ2v) is 7.83. The van der Waals surface area contributed by atoms with E-state index in [2.05, 4.69) is 10.0 Å². The van der Waals surface area contributed by atoms with E-state index in [0.717, 1.165) is 5.56 Å². The van der Waals surface area contributed by atoms with Gasteiger partial charge in [-0.05, 0) is 31.0 Å². The molecule has 0 aliphatic rings. The summed E-state index contributed by atoms with van der Waals surface area (Å²) in [6, 6.07) is 14.5. The molecule has 1 amide bonds. The lowest BCUT2D eigenvalue weighted by molar-refractivity contribution is -0.384. The van der Waals surface area contributed by atoms with E-state index in [1.807, 2.05) is 30.3 Å². The van der Waals surface area contributed by atoms with Crippen LogP contribution in [0.2, 0.25) is 0 Å². The van der Waals surface area contributed by atoms with Crippen LogP contribution in [-0.2, 0) is 21.2 Å². The highest BCUT2D eigenvalue weighted by Gasteiger charge is 2.19. The third kappa shape index (κ3) is 7.23. The Balaban J connectivity index is 1.77. The maximum Gasteiger partial charge on any atom is 0.407 e. The van der Waals surface area contributed by atoms with Crippen LogP contribution in [0, 0.1) is 10.1 Å². The van der Waals surface area contributed by atoms with E-state index < -0.39 is 32.9 Å². The minimum absolute atomic E-state index is 0.146. The number of nitro groups is 1. The number of benzene rings is 2. The highest BCUT2D eigenvalue weighted by Crippen LogP contribution is 2.16. The molecule has 1 atom stereocenters. The van der Waals surface area contributed by atoms with Crippen LogP contribution >= 0.6 is 0 Å². The van der Waals surface area contributed by atoms with Gasteiger partial charge in [0.2, 0.25) is 10.0 Å². The zero-order chi connectivity index (χ0) is 20.6. The van der Waals surface area contributed by atoms with Gasteiger partial charge in [-0.25, -0.2) is 13.2 Å². The molecule has 0 unspecified atom stereocenters. The molecule has 0 saturated heterocycles. The molecule has 0 aliphatic carbocycles. The fourth-order valence-corrected chi connectivity index (χ4v) is 3.66. The lowest BCUT2D eigenvalue weighted by Crippen LogP contribution is -2.33. The number of ether oxygens (including phenoxy) is 1. The number of nitro benzene ring substituents is 1. The molecule has 9 nitrogen and oxygen atoms in total. The lowest BCUT2D eigenvalue weighted by Gasteiger charge is -2.15. The Morgan fingerprint density at radius 3 is 2.39 bits per heavy atom. The molecule has 0 aliphatic heterocycles. The van der Waals surface area contributed by atoms with E-state index >= 15 is 0 Å². The van der Waals surface area contributed by atoms with E-state index in [9.17, 15) is 23.3 Å². The number of non-ortho nitro benzene ring substituents is 1. The van der Waals surface area contributed by atoms with Gasteiger partial charge in [0.05, 0.1) is 4.92 Å². The molecule has 0 aromatic heterocycles. The topological polar surface area (TPSA) is 128 Å². The van der Waals surface area contributed by atoms with Crippen LogP contribution in [0.25, 0.3) is 0 Å². The van der Waals surface area contributed by atoms with Crippen molar-refractivity contribution in [2.24, 2.45) is 0 Å². The van der Waals surface area contributed by atoms with E-state index in [0.29, 0.717) is 13.0 Å². The number of carbonyl (C=O) groups is 1. The molecule has 2 aromatic rings. The maximum atomic E-state index is 12.2. The maximum absolute atomic E-state index is 12.2. The van der Waals surface area contributed by atoms with E-state index in [4.69, 9.17) is 4.74 Å². The molecule has 0 saturated carbocycles. The second-order valence-electron chi connectivity index (χ2n) is 6.07. The van der Waals surface area contributed by atoms with Crippen molar-refractivity contribution in [1.82, 2.24) is 5.32 Å². The van der Waals surface area contributed by atoms with Gasteiger partial charge in [0, 0.05) is 24.4 Å². The summed E-state index contributed by atoms with van der Waals surface area (Å²) < 4.78 is 31.7. The molecule has 0 bridgehead atoms. The fraction of sp³-hybridized carbons (Fsp3) is 0.278. The summed E-state index contributed by atoms with van der Waals surface area (Å²) in [5, 5.41) is 13.2. The van der Waals surface area contributed by atoms with Crippen LogP contribution in [0.5, 0.6) is 0 Å². The van der Waals surface area contributed by atoms with E-state index in [1.165, 1.54) is 31.2 Å². The predicted octanol–water partition coefficient (Wildman–Crippen LogP) is 2.69. The molecule has 0 spiro atoms. The molecule has 2 rings (SSSR count). The van der Waals surface area contributed by atoms with Crippen molar-refractivity contribution in [2.45, 2.75) is 19.4 Å². The van der Waals surface area contributed by atoms with Gasteiger partial charge in [-0.3, -0.25) is 14.8 Å². The molecule has 2 aromatic carbocycles. The molecule has 0 fully saturated rings. The number of anilines is 1. The van der Waals surface area contributed by atoms with Crippen LogP contribution < -0.4 is 10.0 Å². The van der Waals surface area contributed by atoms with E-state index in [-0.39, 0.29) is 11.4 Å². The number of nitrogens with one attached hydrogen (secondary N) is 2. The van der Waals surface area contributed by atoms with Gasteiger partial charge >= 0.3 is 6.09 Å². The number of alkyl carbamates (subject to hydrolysis) is 1. The summed E-state index contributed by atoms with van der Waals surface area (Å²) in [6.45, 7) is 1.83. The molecule has 2 N–H and O–H groups in total. The zero-order valence-corrected chi connectivity index (χ0v) is 16.0. The van der Waals surface area contributed by atoms with Gasteiger partial charge in [0.15, 0.2) is 0 Å². The minimum atomic E-state index is -3.80. The first-order valence-corrected chi connectivity index (χ1v) is 10.1. The Labute approximate surface area is 162 Å². The van der Waals surface area contributed by atoms with Gasteiger partial charge < -0.3 is 10.1 Å². The summed E-state index contributed by atoms with van der Waals surface area (Å²) in [5.41, 5.74) is 1.10.